The zero-order valence-corrected chi connectivity index (χ0v) is 16.5. The molecule has 3 rings (SSSR count). The number of rotatable bonds is 6. The third kappa shape index (κ3) is 5.17. The predicted molar refractivity (Wildman–Crippen MR) is 102 cm³/mol. The standard InChI is InChI=1S/C18H23F2N5O2.ClH/c1-11(13-4-3-5-15(10-13)27-18(19)20)22-17(26)16-12(2)25(24-23-16)14-6-8-21-9-7-14;/h3-5,10-11,14,18,21H,6-9H2,1-2H3,(H,22,26);1H. The zero-order valence-electron chi connectivity index (χ0n) is 15.7. The molecule has 1 unspecified atom stereocenters. The summed E-state index contributed by atoms with van der Waals surface area (Å²) < 4.78 is 31.0. The van der Waals surface area contributed by atoms with Gasteiger partial charge in [0.15, 0.2) is 5.69 Å². The minimum Gasteiger partial charge on any atom is -0.435 e. The van der Waals surface area contributed by atoms with E-state index in [4.69, 9.17) is 0 Å². The van der Waals surface area contributed by atoms with Crippen LogP contribution in [-0.4, -0.2) is 40.6 Å². The molecule has 0 saturated carbocycles. The van der Waals surface area contributed by atoms with E-state index in [2.05, 4.69) is 25.7 Å². The third-order valence-electron chi connectivity index (χ3n) is 4.73. The number of hydrogen-bond donors (Lipinski definition) is 2. The summed E-state index contributed by atoms with van der Waals surface area (Å²) in [7, 11) is 0. The Kier molecular flexibility index (Phi) is 7.70. The van der Waals surface area contributed by atoms with Gasteiger partial charge >= 0.3 is 6.61 Å². The van der Waals surface area contributed by atoms with Gasteiger partial charge in [-0.3, -0.25) is 4.79 Å². The Morgan fingerprint density at radius 3 is 2.75 bits per heavy atom. The van der Waals surface area contributed by atoms with Crippen LogP contribution < -0.4 is 15.4 Å². The van der Waals surface area contributed by atoms with Crippen LogP contribution in [0.15, 0.2) is 24.3 Å². The Balaban J connectivity index is 0.00000280. The largest absolute Gasteiger partial charge is 0.435 e. The van der Waals surface area contributed by atoms with Gasteiger partial charge in [-0.15, -0.1) is 17.5 Å². The van der Waals surface area contributed by atoms with Gasteiger partial charge in [-0.1, -0.05) is 17.3 Å². The summed E-state index contributed by atoms with van der Waals surface area (Å²) in [6, 6.07) is 6.11. The number of carbonyl (C=O) groups excluding carboxylic acids is 1. The number of piperidine rings is 1. The molecule has 154 valence electrons. The van der Waals surface area contributed by atoms with Crippen molar-refractivity contribution in [2.45, 2.75) is 45.4 Å². The first-order valence-corrected chi connectivity index (χ1v) is 8.94. The van der Waals surface area contributed by atoms with E-state index < -0.39 is 12.7 Å². The van der Waals surface area contributed by atoms with E-state index >= 15 is 0 Å². The quantitative estimate of drug-likeness (QED) is 0.758. The van der Waals surface area contributed by atoms with E-state index in [-0.39, 0.29) is 35.8 Å². The van der Waals surface area contributed by atoms with Crippen LogP contribution >= 0.6 is 12.4 Å². The number of carbonyl (C=O) groups is 1. The van der Waals surface area contributed by atoms with Crippen molar-refractivity contribution in [2.24, 2.45) is 0 Å². The van der Waals surface area contributed by atoms with Gasteiger partial charge in [-0.2, -0.15) is 8.78 Å². The van der Waals surface area contributed by atoms with Crippen LogP contribution in [0.1, 0.15) is 53.6 Å². The fourth-order valence-electron chi connectivity index (χ4n) is 3.26. The summed E-state index contributed by atoms with van der Waals surface area (Å²) >= 11 is 0. The van der Waals surface area contributed by atoms with Crippen molar-refractivity contribution in [1.82, 2.24) is 25.6 Å². The Labute approximate surface area is 168 Å². The number of hydrogen-bond acceptors (Lipinski definition) is 5. The summed E-state index contributed by atoms with van der Waals surface area (Å²) in [5.74, 6) is -0.294. The number of nitrogens with zero attached hydrogens (tertiary/aromatic N) is 3. The lowest BCUT2D eigenvalue weighted by molar-refractivity contribution is -0.0499. The predicted octanol–water partition coefficient (Wildman–Crippen LogP) is 3.03. The zero-order chi connectivity index (χ0) is 19.4. The van der Waals surface area contributed by atoms with Crippen LogP contribution in [0, 0.1) is 6.92 Å². The first-order valence-electron chi connectivity index (χ1n) is 8.94. The normalized spacial score (nSPS) is 15.8. The molecular formula is C18H24ClF2N5O2. The first-order chi connectivity index (χ1) is 13.0. The summed E-state index contributed by atoms with van der Waals surface area (Å²) in [6.45, 7) is 2.54. The average molecular weight is 416 g/mol. The molecule has 0 aliphatic carbocycles. The molecule has 1 aromatic carbocycles. The Morgan fingerprint density at radius 2 is 2.07 bits per heavy atom. The highest BCUT2D eigenvalue weighted by molar-refractivity contribution is 5.93. The lowest BCUT2D eigenvalue weighted by Crippen LogP contribution is -2.31. The number of halogens is 3. The molecule has 1 aliphatic rings. The van der Waals surface area contributed by atoms with E-state index in [1.54, 1.807) is 19.1 Å². The van der Waals surface area contributed by atoms with Gasteiger partial charge in [0.2, 0.25) is 0 Å². The van der Waals surface area contributed by atoms with Gasteiger partial charge < -0.3 is 15.4 Å². The molecule has 1 amide bonds. The first kappa shape index (κ1) is 22.0. The fraction of sp³-hybridized carbons (Fsp3) is 0.500. The Hall–Kier alpha value is -2.26. The van der Waals surface area contributed by atoms with Crippen LogP contribution in [0.25, 0.3) is 0 Å². The van der Waals surface area contributed by atoms with Gasteiger partial charge in [0.25, 0.3) is 5.91 Å². The summed E-state index contributed by atoms with van der Waals surface area (Å²) in [5.41, 5.74) is 1.66. The molecule has 1 atom stereocenters. The second-order valence-corrected chi connectivity index (χ2v) is 6.60. The lowest BCUT2D eigenvalue weighted by Gasteiger charge is -2.23. The maximum atomic E-state index is 12.6. The highest BCUT2D eigenvalue weighted by Gasteiger charge is 2.24. The van der Waals surface area contributed by atoms with Crippen LogP contribution in [0.3, 0.4) is 0 Å². The van der Waals surface area contributed by atoms with E-state index in [1.807, 2.05) is 11.6 Å². The number of nitrogens with one attached hydrogen (secondary N) is 2. The number of amides is 1. The fourth-order valence-corrected chi connectivity index (χ4v) is 3.26. The van der Waals surface area contributed by atoms with E-state index in [0.29, 0.717) is 5.56 Å². The van der Waals surface area contributed by atoms with Crippen LogP contribution in [0.4, 0.5) is 8.78 Å². The van der Waals surface area contributed by atoms with Crippen molar-refractivity contribution < 1.29 is 18.3 Å². The van der Waals surface area contributed by atoms with Crippen molar-refractivity contribution in [3.63, 3.8) is 0 Å². The minimum absolute atomic E-state index is 0. The highest BCUT2D eigenvalue weighted by atomic mass is 35.5. The Morgan fingerprint density at radius 1 is 1.36 bits per heavy atom. The molecule has 2 N–H and O–H groups in total. The highest BCUT2D eigenvalue weighted by Crippen LogP contribution is 2.23. The van der Waals surface area contributed by atoms with Crippen molar-refractivity contribution in [2.75, 3.05) is 13.1 Å². The van der Waals surface area contributed by atoms with Gasteiger partial charge in [0.1, 0.15) is 5.75 Å². The molecule has 2 heterocycles. The van der Waals surface area contributed by atoms with Gasteiger partial charge in [-0.25, -0.2) is 4.68 Å². The molecule has 2 aromatic rings. The smallest absolute Gasteiger partial charge is 0.387 e. The van der Waals surface area contributed by atoms with E-state index in [1.165, 1.54) is 12.1 Å². The van der Waals surface area contributed by atoms with Crippen molar-refractivity contribution in [3.05, 3.63) is 41.2 Å². The molecule has 1 aliphatic heterocycles. The Bertz CT molecular complexity index is 796. The van der Waals surface area contributed by atoms with Gasteiger partial charge in [0.05, 0.1) is 17.8 Å². The van der Waals surface area contributed by atoms with Crippen LogP contribution in [0.2, 0.25) is 0 Å². The third-order valence-corrected chi connectivity index (χ3v) is 4.73. The van der Waals surface area contributed by atoms with Crippen LogP contribution in [0.5, 0.6) is 5.75 Å². The molecule has 1 fully saturated rings. The maximum Gasteiger partial charge on any atom is 0.387 e. The average Bonchev–Trinajstić information content (AvgIpc) is 3.03. The number of alkyl halides is 2. The number of benzene rings is 1. The SMILES string of the molecule is Cc1c(C(=O)NC(C)c2cccc(OC(F)F)c2)nnn1C1CCNCC1.Cl. The maximum absolute atomic E-state index is 12.6. The van der Waals surface area contributed by atoms with Gasteiger partial charge in [-0.05, 0) is 57.5 Å². The van der Waals surface area contributed by atoms with Crippen molar-refractivity contribution >= 4 is 18.3 Å². The summed E-state index contributed by atoms with van der Waals surface area (Å²) in [6.07, 6.45) is 1.89. The number of aromatic nitrogens is 3. The van der Waals surface area contributed by atoms with Gasteiger partial charge in [0, 0.05) is 0 Å². The van der Waals surface area contributed by atoms with Crippen molar-refractivity contribution in [1.29, 1.82) is 0 Å². The molecule has 10 heteroatoms. The van der Waals surface area contributed by atoms with E-state index in [9.17, 15) is 13.6 Å². The van der Waals surface area contributed by atoms with Crippen LogP contribution in [-0.2, 0) is 0 Å². The lowest BCUT2D eigenvalue weighted by atomic mass is 10.1. The topological polar surface area (TPSA) is 81.1 Å². The molecule has 0 spiro atoms. The minimum atomic E-state index is -2.89. The summed E-state index contributed by atoms with van der Waals surface area (Å²) in [5, 5.41) is 14.3. The molecule has 1 saturated heterocycles. The number of ether oxygens (including phenoxy) is 1. The molecular weight excluding hydrogens is 392 g/mol. The molecule has 0 bridgehead atoms. The molecule has 7 nitrogen and oxygen atoms in total. The molecule has 0 radical (unpaired) electrons. The van der Waals surface area contributed by atoms with E-state index in [0.717, 1.165) is 31.6 Å². The molecule has 1 aromatic heterocycles. The monoisotopic (exact) mass is 415 g/mol. The second-order valence-electron chi connectivity index (χ2n) is 6.60. The van der Waals surface area contributed by atoms with Crippen molar-refractivity contribution in [3.8, 4) is 5.75 Å². The second kappa shape index (κ2) is 9.79. The summed E-state index contributed by atoms with van der Waals surface area (Å²) in [4.78, 5) is 12.6. The molecule has 28 heavy (non-hydrogen) atoms.